The van der Waals surface area contributed by atoms with E-state index in [0.717, 1.165) is 4.90 Å². The van der Waals surface area contributed by atoms with E-state index in [-0.39, 0.29) is 5.69 Å². The molecule has 18 heavy (non-hydrogen) atoms. The van der Waals surface area contributed by atoms with Gasteiger partial charge >= 0.3 is 6.09 Å². The van der Waals surface area contributed by atoms with Gasteiger partial charge in [0.05, 0.1) is 9.40 Å². The quantitative estimate of drug-likeness (QED) is 0.642. The molecule has 1 aromatic carbocycles. The van der Waals surface area contributed by atoms with E-state index in [0.29, 0.717) is 23.2 Å². The number of benzene rings is 1. The van der Waals surface area contributed by atoms with Crippen molar-refractivity contribution in [3.8, 4) is 0 Å². The van der Waals surface area contributed by atoms with E-state index in [1.54, 1.807) is 12.1 Å². The summed E-state index contributed by atoms with van der Waals surface area (Å²) in [6.45, 7) is 0.747. The average Bonchev–Trinajstić information content (AvgIpc) is 2.28. The van der Waals surface area contributed by atoms with Crippen molar-refractivity contribution in [1.29, 1.82) is 0 Å². The summed E-state index contributed by atoms with van der Waals surface area (Å²) in [4.78, 5) is 21.8. The largest absolute Gasteiger partial charge is 0.465 e. The molecule has 7 nitrogen and oxygen atoms in total. The summed E-state index contributed by atoms with van der Waals surface area (Å²) in [5.41, 5.74) is 0.675. The van der Waals surface area contributed by atoms with Crippen molar-refractivity contribution >= 4 is 33.4 Å². The lowest BCUT2D eigenvalue weighted by atomic mass is 10.3. The second-order valence-electron chi connectivity index (χ2n) is 3.55. The number of nitro benzene ring substituents is 1. The van der Waals surface area contributed by atoms with Crippen LogP contribution in [-0.4, -0.2) is 41.2 Å². The first kappa shape index (κ1) is 14.2. The third-order valence-corrected chi connectivity index (χ3v) is 2.88. The van der Waals surface area contributed by atoms with E-state index in [1.165, 1.54) is 13.1 Å². The van der Waals surface area contributed by atoms with Crippen LogP contribution >= 0.6 is 15.9 Å². The molecule has 0 aliphatic rings. The summed E-state index contributed by atoms with van der Waals surface area (Å²) >= 11 is 3.11. The molecule has 0 unspecified atom stereocenters. The number of nitrogens with one attached hydrogen (secondary N) is 1. The second kappa shape index (κ2) is 6.20. The summed E-state index contributed by atoms with van der Waals surface area (Å²) in [5.74, 6) is 0. The highest BCUT2D eigenvalue weighted by molar-refractivity contribution is 9.10. The van der Waals surface area contributed by atoms with Gasteiger partial charge in [0.25, 0.3) is 5.69 Å². The molecule has 1 rings (SSSR count). The number of nitrogens with zero attached hydrogens (tertiary/aromatic N) is 2. The van der Waals surface area contributed by atoms with Crippen molar-refractivity contribution in [2.45, 2.75) is 0 Å². The number of carbonyl (C=O) groups is 1. The van der Waals surface area contributed by atoms with Crippen LogP contribution in [0.15, 0.2) is 22.7 Å². The van der Waals surface area contributed by atoms with E-state index in [9.17, 15) is 14.9 Å². The maximum Gasteiger partial charge on any atom is 0.407 e. The van der Waals surface area contributed by atoms with E-state index in [2.05, 4.69) is 21.2 Å². The van der Waals surface area contributed by atoms with Gasteiger partial charge in [0.1, 0.15) is 0 Å². The van der Waals surface area contributed by atoms with Crippen molar-refractivity contribution in [2.75, 3.05) is 25.5 Å². The summed E-state index contributed by atoms with van der Waals surface area (Å²) < 4.78 is 0.379. The third-order valence-electron chi connectivity index (χ3n) is 2.25. The first-order valence-electron chi connectivity index (χ1n) is 5.03. The average molecular weight is 318 g/mol. The van der Waals surface area contributed by atoms with Crippen LogP contribution in [0.1, 0.15) is 0 Å². The fourth-order valence-electron chi connectivity index (χ4n) is 1.23. The van der Waals surface area contributed by atoms with Gasteiger partial charge < -0.3 is 15.3 Å². The Morgan fingerprint density at radius 2 is 2.28 bits per heavy atom. The Morgan fingerprint density at radius 1 is 1.61 bits per heavy atom. The lowest BCUT2D eigenvalue weighted by Gasteiger charge is -2.13. The minimum atomic E-state index is -0.998. The number of anilines is 1. The van der Waals surface area contributed by atoms with Crippen molar-refractivity contribution in [2.24, 2.45) is 0 Å². The Balaban J connectivity index is 2.56. The molecule has 2 N–H and O–H groups in total. The van der Waals surface area contributed by atoms with Gasteiger partial charge in [-0.25, -0.2) is 4.79 Å². The highest BCUT2D eigenvalue weighted by Crippen LogP contribution is 2.27. The molecule has 0 spiro atoms. The van der Waals surface area contributed by atoms with Gasteiger partial charge in [-0.15, -0.1) is 0 Å². The number of halogens is 1. The maximum absolute atomic E-state index is 10.6. The molecule has 0 saturated heterocycles. The predicted octanol–water partition coefficient (Wildman–Crippen LogP) is 2.38. The SMILES string of the molecule is CN(CCNc1ccc([N+](=O)[O-])c(Br)c1)C(=O)O. The van der Waals surface area contributed by atoms with Gasteiger partial charge in [-0.1, -0.05) is 0 Å². The van der Waals surface area contributed by atoms with E-state index in [1.807, 2.05) is 0 Å². The van der Waals surface area contributed by atoms with Gasteiger partial charge in [0.2, 0.25) is 0 Å². The van der Waals surface area contributed by atoms with Gasteiger partial charge in [0.15, 0.2) is 0 Å². The summed E-state index contributed by atoms with van der Waals surface area (Å²) in [6, 6.07) is 4.54. The van der Waals surface area contributed by atoms with Crippen LogP contribution in [-0.2, 0) is 0 Å². The molecule has 0 radical (unpaired) electrons. The normalized spacial score (nSPS) is 9.89. The van der Waals surface area contributed by atoms with Crippen molar-refractivity contribution in [3.63, 3.8) is 0 Å². The highest BCUT2D eigenvalue weighted by atomic mass is 79.9. The van der Waals surface area contributed by atoms with Crippen LogP contribution in [0.25, 0.3) is 0 Å². The zero-order valence-corrected chi connectivity index (χ0v) is 11.2. The number of rotatable bonds is 5. The first-order chi connectivity index (χ1) is 8.41. The van der Waals surface area contributed by atoms with Crippen LogP contribution in [0.5, 0.6) is 0 Å². The molecule has 0 saturated carbocycles. The summed E-state index contributed by atoms with van der Waals surface area (Å²) in [5, 5.41) is 22.2. The van der Waals surface area contributed by atoms with Crippen molar-refractivity contribution in [3.05, 3.63) is 32.8 Å². The molecule has 1 amide bonds. The second-order valence-corrected chi connectivity index (χ2v) is 4.41. The molecule has 0 aliphatic heterocycles. The molecule has 8 heteroatoms. The number of amides is 1. The van der Waals surface area contributed by atoms with Crippen LogP contribution in [0, 0.1) is 10.1 Å². The van der Waals surface area contributed by atoms with Crippen LogP contribution in [0.4, 0.5) is 16.2 Å². The zero-order valence-electron chi connectivity index (χ0n) is 9.59. The topological polar surface area (TPSA) is 95.7 Å². The summed E-state index contributed by atoms with van der Waals surface area (Å²) in [7, 11) is 1.47. The fourth-order valence-corrected chi connectivity index (χ4v) is 1.75. The Hall–Kier alpha value is -1.83. The van der Waals surface area contributed by atoms with E-state index in [4.69, 9.17) is 5.11 Å². The van der Waals surface area contributed by atoms with Gasteiger partial charge in [-0.2, -0.15) is 0 Å². The molecule has 98 valence electrons. The van der Waals surface area contributed by atoms with E-state index >= 15 is 0 Å². The van der Waals surface area contributed by atoms with Gasteiger partial charge in [0, 0.05) is 31.9 Å². The lowest BCUT2D eigenvalue weighted by molar-refractivity contribution is -0.385. The first-order valence-corrected chi connectivity index (χ1v) is 5.83. The Labute approximate surface area is 112 Å². The predicted molar refractivity (Wildman–Crippen MR) is 69.9 cm³/mol. The summed E-state index contributed by atoms with van der Waals surface area (Å²) in [6.07, 6.45) is -0.998. The smallest absolute Gasteiger partial charge is 0.407 e. The molecule has 0 aromatic heterocycles. The minimum Gasteiger partial charge on any atom is -0.465 e. The fraction of sp³-hybridized carbons (Fsp3) is 0.300. The molecule has 1 aromatic rings. The lowest BCUT2D eigenvalue weighted by Crippen LogP contribution is -2.29. The standard InChI is InChI=1S/C10H12BrN3O4/c1-13(10(15)16)5-4-12-7-2-3-9(14(17)18)8(11)6-7/h2-3,6,12H,4-5H2,1H3,(H,15,16). The number of likely N-dealkylation sites (N-methyl/N-ethyl adjacent to an activating group) is 1. The number of hydrogen-bond donors (Lipinski definition) is 2. The monoisotopic (exact) mass is 317 g/mol. The van der Waals surface area contributed by atoms with Gasteiger partial charge in [-0.05, 0) is 28.1 Å². The van der Waals surface area contributed by atoms with Crippen LogP contribution < -0.4 is 5.32 Å². The molecular weight excluding hydrogens is 306 g/mol. The van der Waals surface area contributed by atoms with Crippen LogP contribution in [0.2, 0.25) is 0 Å². The van der Waals surface area contributed by atoms with Gasteiger partial charge in [-0.3, -0.25) is 10.1 Å². The Morgan fingerprint density at radius 3 is 2.78 bits per heavy atom. The molecule has 0 fully saturated rings. The van der Waals surface area contributed by atoms with Crippen LogP contribution in [0.3, 0.4) is 0 Å². The number of carboxylic acid groups (broad SMARTS) is 1. The molecule has 0 atom stereocenters. The number of hydrogen-bond acceptors (Lipinski definition) is 4. The minimum absolute atomic E-state index is 0.0109. The molecular formula is C10H12BrN3O4. The third kappa shape index (κ3) is 3.88. The van der Waals surface area contributed by atoms with E-state index < -0.39 is 11.0 Å². The zero-order chi connectivity index (χ0) is 13.7. The molecule has 0 aliphatic carbocycles. The van der Waals surface area contributed by atoms with Crippen molar-refractivity contribution in [1.82, 2.24) is 4.90 Å². The molecule has 0 bridgehead atoms. The molecule has 0 heterocycles. The van der Waals surface area contributed by atoms with Crippen molar-refractivity contribution < 1.29 is 14.8 Å². The number of nitro groups is 1. The Kier molecular flexibility index (Phi) is 4.90. The highest BCUT2D eigenvalue weighted by Gasteiger charge is 2.11. The Bertz CT molecular complexity index is 466. The maximum atomic E-state index is 10.6.